The van der Waals surface area contributed by atoms with E-state index in [9.17, 15) is 18.0 Å². The van der Waals surface area contributed by atoms with Crippen molar-refractivity contribution in [2.24, 2.45) is 0 Å². The lowest BCUT2D eigenvalue weighted by Gasteiger charge is -2.14. The van der Waals surface area contributed by atoms with Crippen molar-refractivity contribution in [1.29, 1.82) is 0 Å². The van der Waals surface area contributed by atoms with Gasteiger partial charge >= 0.3 is 6.18 Å². The van der Waals surface area contributed by atoms with Crippen molar-refractivity contribution < 1.29 is 22.7 Å². The molecule has 1 rings (SSSR count). The van der Waals surface area contributed by atoms with Crippen LogP contribution in [0.25, 0.3) is 0 Å². The number of aldehydes is 1. The topological polar surface area (TPSA) is 26.3 Å². The van der Waals surface area contributed by atoms with Crippen LogP contribution in [-0.2, 0) is 4.79 Å². The van der Waals surface area contributed by atoms with Gasteiger partial charge in [0.25, 0.3) is 0 Å². The van der Waals surface area contributed by atoms with Crippen LogP contribution >= 0.6 is 0 Å². The molecule has 17 heavy (non-hydrogen) atoms. The van der Waals surface area contributed by atoms with Crippen LogP contribution in [0.2, 0.25) is 0 Å². The SMILES string of the molecule is C=CCOc1ccc(C(C=O)C(F)(F)F)cc1. The van der Waals surface area contributed by atoms with Crippen LogP contribution in [-0.4, -0.2) is 19.1 Å². The van der Waals surface area contributed by atoms with Crippen LogP contribution in [0.5, 0.6) is 5.75 Å². The Morgan fingerprint density at radius 1 is 1.29 bits per heavy atom. The molecule has 92 valence electrons. The lowest BCUT2D eigenvalue weighted by Crippen LogP contribution is -2.21. The highest BCUT2D eigenvalue weighted by molar-refractivity contribution is 5.63. The van der Waals surface area contributed by atoms with Gasteiger partial charge in [-0.25, -0.2) is 0 Å². The summed E-state index contributed by atoms with van der Waals surface area (Å²) in [5.41, 5.74) is -0.0987. The van der Waals surface area contributed by atoms with Crippen molar-refractivity contribution >= 4 is 6.29 Å². The standard InChI is InChI=1S/C12H11F3O2/c1-2-7-17-10-5-3-9(4-6-10)11(8-16)12(13,14)15/h2-6,8,11H,1,7H2. The summed E-state index contributed by atoms with van der Waals surface area (Å²) in [6.07, 6.45) is -3.15. The fraction of sp³-hybridized carbons (Fsp3) is 0.250. The van der Waals surface area contributed by atoms with Crippen LogP contribution in [0.4, 0.5) is 13.2 Å². The summed E-state index contributed by atoms with van der Waals surface area (Å²) >= 11 is 0. The Morgan fingerprint density at radius 3 is 2.29 bits per heavy atom. The molecule has 1 aromatic rings. The molecule has 0 fully saturated rings. The van der Waals surface area contributed by atoms with Crippen LogP contribution in [0.1, 0.15) is 11.5 Å². The monoisotopic (exact) mass is 244 g/mol. The van der Waals surface area contributed by atoms with Gasteiger partial charge in [0.15, 0.2) is 0 Å². The molecular weight excluding hydrogens is 233 g/mol. The summed E-state index contributed by atoms with van der Waals surface area (Å²) in [4.78, 5) is 10.4. The minimum absolute atomic E-state index is 0.0987. The van der Waals surface area contributed by atoms with Gasteiger partial charge in [-0.3, -0.25) is 0 Å². The Labute approximate surface area is 96.7 Å². The predicted octanol–water partition coefficient (Wildman–Crippen LogP) is 3.10. The normalized spacial score (nSPS) is 12.9. The molecule has 0 saturated carbocycles. The first-order valence-corrected chi connectivity index (χ1v) is 4.84. The molecule has 0 saturated heterocycles. The number of hydrogen-bond acceptors (Lipinski definition) is 2. The van der Waals surface area contributed by atoms with Crippen molar-refractivity contribution in [2.75, 3.05) is 6.61 Å². The Balaban J connectivity index is 2.85. The number of carbonyl (C=O) groups excluding carboxylic acids is 1. The number of ether oxygens (including phenoxy) is 1. The molecule has 1 aromatic carbocycles. The van der Waals surface area contributed by atoms with E-state index in [1.54, 1.807) is 0 Å². The highest BCUT2D eigenvalue weighted by Gasteiger charge is 2.40. The lowest BCUT2D eigenvalue weighted by molar-refractivity contribution is -0.155. The maximum Gasteiger partial charge on any atom is 0.402 e. The van der Waals surface area contributed by atoms with E-state index < -0.39 is 12.1 Å². The molecule has 1 unspecified atom stereocenters. The summed E-state index contributed by atoms with van der Waals surface area (Å²) in [6.45, 7) is 3.72. The predicted molar refractivity (Wildman–Crippen MR) is 57.0 cm³/mol. The molecule has 0 radical (unpaired) electrons. The summed E-state index contributed by atoms with van der Waals surface area (Å²) < 4.78 is 42.4. The first kappa shape index (κ1) is 13.3. The average Bonchev–Trinajstić information content (AvgIpc) is 2.27. The quantitative estimate of drug-likeness (QED) is 0.587. The van der Waals surface area contributed by atoms with E-state index >= 15 is 0 Å². The van der Waals surface area contributed by atoms with Crippen molar-refractivity contribution in [3.63, 3.8) is 0 Å². The van der Waals surface area contributed by atoms with E-state index in [0.717, 1.165) is 0 Å². The number of benzene rings is 1. The van der Waals surface area contributed by atoms with E-state index in [1.807, 2.05) is 0 Å². The third-order valence-corrected chi connectivity index (χ3v) is 2.10. The molecule has 0 amide bonds. The smallest absolute Gasteiger partial charge is 0.402 e. The van der Waals surface area contributed by atoms with E-state index in [4.69, 9.17) is 4.74 Å². The van der Waals surface area contributed by atoms with Gasteiger partial charge in [-0.05, 0) is 17.7 Å². The molecule has 0 aliphatic rings. The molecule has 0 aliphatic heterocycles. The molecule has 1 atom stereocenters. The second-order valence-corrected chi connectivity index (χ2v) is 3.32. The van der Waals surface area contributed by atoms with E-state index in [2.05, 4.69) is 6.58 Å². The maximum absolute atomic E-state index is 12.4. The lowest BCUT2D eigenvalue weighted by atomic mass is 10.0. The van der Waals surface area contributed by atoms with Crippen LogP contribution in [0, 0.1) is 0 Å². The second kappa shape index (κ2) is 5.52. The van der Waals surface area contributed by atoms with Crippen molar-refractivity contribution in [3.05, 3.63) is 42.5 Å². The molecule has 0 heterocycles. The highest BCUT2D eigenvalue weighted by atomic mass is 19.4. The third-order valence-electron chi connectivity index (χ3n) is 2.10. The minimum atomic E-state index is -4.56. The highest BCUT2D eigenvalue weighted by Crippen LogP contribution is 2.33. The molecule has 0 spiro atoms. The molecule has 2 nitrogen and oxygen atoms in total. The van der Waals surface area contributed by atoms with Crippen LogP contribution in [0.15, 0.2) is 36.9 Å². The largest absolute Gasteiger partial charge is 0.490 e. The molecule has 0 bridgehead atoms. The fourth-order valence-corrected chi connectivity index (χ4v) is 1.27. The number of alkyl halides is 3. The number of carbonyl (C=O) groups is 1. The number of rotatable bonds is 5. The second-order valence-electron chi connectivity index (χ2n) is 3.32. The van der Waals surface area contributed by atoms with Crippen molar-refractivity contribution in [1.82, 2.24) is 0 Å². The number of hydrogen-bond donors (Lipinski definition) is 0. The molecule has 5 heteroatoms. The van der Waals surface area contributed by atoms with Gasteiger partial charge < -0.3 is 9.53 Å². The van der Waals surface area contributed by atoms with E-state index in [-0.39, 0.29) is 18.5 Å². The third kappa shape index (κ3) is 3.62. The molecule has 0 N–H and O–H groups in total. The van der Waals surface area contributed by atoms with Gasteiger partial charge in [0.1, 0.15) is 24.6 Å². The van der Waals surface area contributed by atoms with E-state index in [0.29, 0.717) is 5.75 Å². The van der Waals surface area contributed by atoms with Crippen LogP contribution < -0.4 is 4.74 Å². The Hall–Kier alpha value is -1.78. The molecular formula is C12H11F3O2. The summed E-state index contributed by atoms with van der Waals surface area (Å²) in [5.74, 6) is -1.66. The zero-order valence-corrected chi connectivity index (χ0v) is 8.91. The first-order valence-electron chi connectivity index (χ1n) is 4.84. The fourth-order valence-electron chi connectivity index (χ4n) is 1.27. The van der Waals surface area contributed by atoms with Gasteiger partial charge in [-0.1, -0.05) is 24.8 Å². The van der Waals surface area contributed by atoms with Crippen molar-refractivity contribution in [2.45, 2.75) is 12.1 Å². The summed E-state index contributed by atoms with van der Waals surface area (Å²) in [7, 11) is 0. The zero-order chi connectivity index (χ0) is 12.9. The Bertz CT molecular complexity index is 382. The van der Waals surface area contributed by atoms with Gasteiger partial charge in [0, 0.05) is 0 Å². The Kier molecular flexibility index (Phi) is 4.31. The van der Waals surface area contributed by atoms with Crippen molar-refractivity contribution in [3.8, 4) is 5.75 Å². The average molecular weight is 244 g/mol. The summed E-state index contributed by atoms with van der Waals surface area (Å²) in [5, 5.41) is 0. The molecule has 0 aromatic heterocycles. The minimum Gasteiger partial charge on any atom is -0.490 e. The first-order chi connectivity index (χ1) is 7.99. The zero-order valence-electron chi connectivity index (χ0n) is 8.91. The van der Waals surface area contributed by atoms with Gasteiger partial charge in [0.2, 0.25) is 0 Å². The van der Waals surface area contributed by atoms with E-state index in [1.165, 1.54) is 30.3 Å². The van der Waals surface area contributed by atoms with Gasteiger partial charge in [-0.15, -0.1) is 0 Å². The van der Waals surface area contributed by atoms with Gasteiger partial charge in [0.05, 0.1) is 0 Å². The number of halogens is 3. The van der Waals surface area contributed by atoms with Crippen LogP contribution in [0.3, 0.4) is 0 Å². The molecule has 0 aliphatic carbocycles. The Morgan fingerprint density at radius 2 is 1.88 bits per heavy atom. The summed E-state index contributed by atoms with van der Waals surface area (Å²) in [6, 6.07) is 5.23. The maximum atomic E-state index is 12.4. The van der Waals surface area contributed by atoms with Gasteiger partial charge in [-0.2, -0.15) is 13.2 Å².